The van der Waals surface area contributed by atoms with E-state index in [1.54, 1.807) is 6.92 Å². The smallest absolute Gasteiger partial charge is 0.417 e. The van der Waals surface area contributed by atoms with Crippen LogP contribution in [0.5, 0.6) is 5.88 Å². The van der Waals surface area contributed by atoms with E-state index in [2.05, 4.69) is 15.2 Å². The van der Waals surface area contributed by atoms with Crippen molar-refractivity contribution in [2.75, 3.05) is 6.61 Å². The zero-order valence-corrected chi connectivity index (χ0v) is 17.9. The number of alkyl halides is 6. The summed E-state index contributed by atoms with van der Waals surface area (Å²) < 4.78 is 82.5. The van der Waals surface area contributed by atoms with Gasteiger partial charge in [-0.25, -0.2) is 4.98 Å². The Hall–Kier alpha value is -3.48. The number of ether oxygens (including phenoxy) is 1. The maximum Gasteiger partial charge on any atom is 0.417 e. The second kappa shape index (κ2) is 9.79. The topological polar surface area (TPSA) is 81.5 Å². The molecule has 0 saturated heterocycles. The number of pyridine rings is 1. The van der Waals surface area contributed by atoms with Gasteiger partial charge in [-0.1, -0.05) is 28.9 Å². The molecule has 2 heterocycles. The molecule has 0 atom stereocenters. The summed E-state index contributed by atoms with van der Waals surface area (Å²) in [6.45, 7) is 1.56. The first kappa shape index (κ1) is 25.1. The van der Waals surface area contributed by atoms with E-state index >= 15 is 0 Å². The molecule has 0 spiro atoms. The summed E-state index contributed by atoms with van der Waals surface area (Å²) in [5.74, 6) is -0.377. The summed E-state index contributed by atoms with van der Waals surface area (Å²) in [5, 5.41) is 5.73. The van der Waals surface area contributed by atoms with E-state index in [0.29, 0.717) is 17.8 Å². The van der Waals surface area contributed by atoms with Gasteiger partial charge in [-0.2, -0.15) is 31.0 Å². The molecule has 0 aliphatic heterocycles. The molecule has 1 aromatic carbocycles. The summed E-state index contributed by atoms with van der Waals surface area (Å²) in [5.41, 5.74) is -2.46. The van der Waals surface area contributed by atoms with Crippen molar-refractivity contribution >= 4 is 17.8 Å². The number of hydrogen-bond donors (Lipinski definition) is 1. The summed E-state index contributed by atoms with van der Waals surface area (Å²) in [4.78, 5) is 21.4. The summed E-state index contributed by atoms with van der Waals surface area (Å²) in [7, 11) is 0. The Kier molecular flexibility index (Phi) is 7.24. The lowest BCUT2D eigenvalue weighted by Crippen LogP contribution is -2.19. The number of nitrogens with one attached hydrogen (secondary N) is 1. The first-order valence-corrected chi connectivity index (χ1v) is 9.82. The minimum Gasteiger partial charge on any atom is -0.478 e. The van der Waals surface area contributed by atoms with Gasteiger partial charge in [-0.3, -0.25) is 9.89 Å². The molecule has 0 aliphatic carbocycles. The van der Waals surface area contributed by atoms with E-state index in [-0.39, 0.29) is 30.5 Å². The maximum atomic E-state index is 12.8. The van der Waals surface area contributed by atoms with Gasteiger partial charge in [0.15, 0.2) is 5.82 Å². The Morgan fingerprint density at radius 2 is 1.76 bits per heavy atom. The Labute approximate surface area is 192 Å². The highest BCUT2D eigenvalue weighted by Gasteiger charge is 2.32. The Bertz CT molecular complexity index is 1230. The lowest BCUT2D eigenvalue weighted by Gasteiger charge is -2.09. The summed E-state index contributed by atoms with van der Waals surface area (Å²) >= 11 is 5.90. The van der Waals surface area contributed by atoms with Crippen molar-refractivity contribution in [1.82, 2.24) is 14.8 Å². The molecule has 0 bridgehead atoms. The summed E-state index contributed by atoms with van der Waals surface area (Å²) in [6.07, 6.45) is -7.63. The van der Waals surface area contributed by atoms with Crippen LogP contribution in [0.15, 0.2) is 46.5 Å². The van der Waals surface area contributed by atoms with E-state index < -0.39 is 34.1 Å². The van der Waals surface area contributed by atoms with Gasteiger partial charge in [-0.05, 0) is 30.7 Å². The molecule has 0 unspecified atom stereocenters. The number of nitrogens with zero attached hydrogens (tertiary/aromatic N) is 3. The average molecular weight is 509 g/mol. The standard InChI is InChI=1S/C20H15ClF6N4O3/c1-2-33-17-14(9-29-34-10-11-3-5-12(6-4-11)19(22,23)24)18(32)31(30-17)16-15(21)7-13(8-28-16)20(25,26)27/h3-9,30H,2,10H2,1H3. The van der Waals surface area contributed by atoms with E-state index in [1.807, 2.05) is 0 Å². The van der Waals surface area contributed by atoms with Crippen molar-refractivity contribution in [2.45, 2.75) is 25.9 Å². The lowest BCUT2D eigenvalue weighted by atomic mass is 10.1. The lowest BCUT2D eigenvalue weighted by molar-refractivity contribution is -0.138. The molecule has 2 aromatic heterocycles. The van der Waals surface area contributed by atoms with Crippen molar-refractivity contribution in [3.05, 3.63) is 74.2 Å². The second-order valence-corrected chi connectivity index (χ2v) is 7.07. The Balaban J connectivity index is 1.81. The van der Waals surface area contributed by atoms with Crippen LogP contribution in [0.3, 0.4) is 0 Å². The minimum atomic E-state index is -4.67. The van der Waals surface area contributed by atoms with Gasteiger partial charge in [0.1, 0.15) is 12.2 Å². The van der Waals surface area contributed by atoms with Crippen LogP contribution in [0, 0.1) is 0 Å². The SMILES string of the molecule is CCOc1[nH]n(-c2ncc(C(F)(F)F)cc2Cl)c(=O)c1C=NOCc1ccc(C(F)(F)F)cc1. The Morgan fingerprint density at radius 1 is 1.12 bits per heavy atom. The van der Waals surface area contributed by atoms with Crippen molar-refractivity contribution < 1.29 is 35.9 Å². The van der Waals surface area contributed by atoms with Crippen molar-refractivity contribution in [3.63, 3.8) is 0 Å². The largest absolute Gasteiger partial charge is 0.478 e. The molecule has 0 amide bonds. The fraction of sp³-hybridized carbons (Fsp3) is 0.250. The van der Waals surface area contributed by atoms with Crippen molar-refractivity contribution in [2.24, 2.45) is 5.16 Å². The number of halogens is 7. The first-order chi connectivity index (χ1) is 15.9. The molecule has 3 aromatic rings. The molecule has 0 radical (unpaired) electrons. The third-order valence-electron chi connectivity index (χ3n) is 4.31. The van der Waals surface area contributed by atoms with E-state index in [0.717, 1.165) is 23.0 Å². The van der Waals surface area contributed by atoms with Crippen LogP contribution in [0.1, 0.15) is 29.2 Å². The van der Waals surface area contributed by atoms with E-state index in [1.165, 1.54) is 12.1 Å². The average Bonchev–Trinajstić information content (AvgIpc) is 3.05. The van der Waals surface area contributed by atoms with Crippen molar-refractivity contribution in [1.29, 1.82) is 0 Å². The zero-order chi connectivity index (χ0) is 25.1. The number of hydrogen-bond acceptors (Lipinski definition) is 5. The number of H-pyrrole nitrogens is 1. The molecule has 0 saturated carbocycles. The van der Waals surface area contributed by atoms with Crippen LogP contribution in [0.2, 0.25) is 5.02 Å². The van der Waals surface area contributed by atoms with Gasteiger partial charge in [0, 0.05) is 6.20 Å². The molecule has 182 valence electrons. The molecular formula is C20H15ClF6N4O3. The monoisotopic (exact) mass is 508 g/mol. The van der Waals surface area contributed by atoms with Gasteiger partial charge in [0.25, 0.3) is 5.56 Å². The zero-order valence-electron chi connectivity index (χ0n) is 17.2. The molecule has 0 aliphatic rings. The minimum absolute atomic E-state index is 0.0767. The van der Waals surface area contributed by atoms with Crippen LogP contribution in [-0.4, -0.2) is 27.6 Å². The van der Waals surface area contributed by atoms with Gasteiger partial charge in [0.05, 0.1) is 29.0 Å². The third kappa shape index (κ3) is 5.71. The molecule has 34 heavy (non-hydrogen) atoms. The molecule has 1 N–H and O–H groups in total. The van der Waals surface area contributed by atoms with Crippen molar-refractivity contribution in [3.8, 4) is 11.7 Å². The number of benzene rings is 1. The fourth-order valence-corrected chi connectivity index (χ4v) is 2.94. The van der Waals surface area contributed by atoms with Crippen LogP contribution >= 0.6 is 11.6 Å². The highest BCUT2D eigenvalue weighted by atomic mass is 35.5. The molecule has 14 heteroatoms. The number of oxime groups is 1. The van der Waals surface area contributed by atoms with Crippen LogP contribution in [0.4, 0.5) is 26.3 Å². The first-order valence-electron chi connectivity index (χ1n) is 9.44. The normalized spacial score (nSPS) is 12.4. The van der Waals surface area contributed by atoms with E-state index in [4.69, 9.17) is 21.2 Å². The van der Waals surface area contributed by atoms with Gasteiger partial charge in [-0.15, -0.1) is 0 Å². The van der Waals surface area contributed by atoms with Crippen LogP contribution in [0.25, 0.3) is 5.82 Å². The van der Waals surface area contributed by atoms with Gasteiger partial charge in [0.2, 0.25) is 5.88 Å². The second-order valence-electron chi connectivity index (χ2n) is 6.66. The predicted molar refractivity (Wildman–Crippen MR) is 109 cm³/mol. The highest BCUT2D eigenvalue weighted by Crippen LogP contribution is 2.32. The summed E-state index contributed by atoms with van der Waals surface area (Å²) in [6, 6.07) is 4.83. The predicted octanol–water partition coefficient (Wildman–Crippen LogP) is 5.20. The Morgan fingerprint density at radius 3 is 2.32 bits per heavy atom. The number of aromatic amines is 1. The molecule has 0 fully saturated rings. The maximum absolute atomic E-state index is 12.8. The molecule has 3 rings (SSSR count). The number of aromatic nitrogens is 3. The highest BCUT2D eigenvalue weighted by molar-refractivity contribution is 6.32. The third-order valence-corrected chi connectivity index (χ3v) is 4.59. The van der Waals surface area contributed by atoms with Gasteiger partial charge >= 0.3 is 12.4 Å². The van der Waals surface area contributed by atoms with Gasteiger partial charge < -0.3 is 9.57 Å². The van der Waals surface area contributed by atoms with E-state index in [9.17, 15) is 31.1 Å². The van der Waals surface area contributed by atoms with Crippen LogP contribution in [-0.2, 0) is 23.8 Å². The molecule has 7 nitrogen and oxygen atoms in total. The fourth-order valence-electron chi connectivity index (χ4n) is 2.69. The van der Waals surface area contributed by atoms with Crippen LogP contribution < -0.4 is 10.3 Å². The molecular weight excluding hydrogens is 494 g/mol. The quantitative estimate of drug-likeness (QED) is 0.270. The number of rotatable bonds is 7.